The molecule has 2 aromatic heterocycles. The van der Waals surface area contributed by atoms with E-state index in [2.05, 4.69) is 51.3 Å². The Morgan fingerprint density at radius 1 is 0.969 bits per heavy atom. The molecule has 1 amide bonds. The fraction of sp³-hybridized carbons (Fsp3) is 0.259. The lowest BCUT2D eigenvalue weighted by molar-refractivity contribution is 0.0718. The van der Waals surface area contributed by atoms with E-state index in [4.69, 9.17) is 0 Å². The molecule has 0 aliphatic heterocycles. The molecular weight excluding hydrogens is 398 g/mol. The number of rotatable bonds is 5. The number of amides is 1. The number of carbonyl (C=O) groups excluding carboxylic acids is 1. The zero-order chi connectivity index (χ0) is 21.9. The van der Waals surface area contributed by atoms with Crippen LogP contribution in [0.4, 0.5) is 0 Å². The smallest absolute Gasteiger partial charge is 0.255 e. The maximum atomic E-state index is 13.1. The summed E-state index contributed by atoms with van der Waals surface area (Å²) in [5.74, 6) is -0.169. The Kier molecular flexibility index (Phi) is 5.73. The molecule has 5 nitrogen and oxygen atoms in total. The third-order valence-electron chi connectivity index (χ3n) is 6.34. The average Bonchev–Trinajstić information content (AvgIpc) is 3.20. The predicted octanol–water partition coefficient (Wildman–Crippen LogP) is 4.78. The first kappa shape index (κ1) is 20.5. The molecule has 2 atom stereocenters. The van der Waals surface area contributed by atoms with E-state index >= 15 is 0 Å². The lowest BCUT2D eigenvalue weighted by Crippen LogP contribution is -2.45. The van der Waals surface area contributed by atoms with Gasteiger partial charge in [-0.3, -0.25) is 9.78 Å². The normalized spacial score (nSPS) is 18.5. The summed E-state index contributed by atoms with van der Waals surface area (Å²) >= 11 is 0. The summed E-state index contributed by atoms with van der Waals surface area (Å²) in [5.41, 5.74) is 5.70. The van der Waals surface area contributed by atoms with Crippen molar-refractivity contribution in [3.63, 3.8) is 0 Å². The molecule has 162 valence electrons. The number of pyridine rings is 1. The summed E-state index contributed by atoms with van der Waals surface area (Å²) in [4.78, 5) is 17.6. The minimum Gasteiger partial charge on any atom is -0.391 e. The molecule has 4 aromatic rings. The number of carbonyl (C=O) groups is 1. The summed E-state index contributed by atoms with van der Waals surface area (Å²) in [6, 6.07) is 22.5. The minimum atomic E-state index is -0.475. The van der Waals surface area contributed by atoms with Crippen LogP contribution in [-0.2, 0) is 6.54 Å². The van der Waals surface area contributed by atoms with Crippen LogP contribution in [0, 0.1) is 0 Å². The largest absolute Gasteiger partial charge is 0.391 e. The summed E-state index contributed by atoms with van der Waals surface area (Å²) in [7, 11) is 0. The van der Waals surface area contributed by atoms with Gasteiger partial charge in [0.2, 0.25) is 0 Å². The third-order valence-corrected chi connectivity index (χ3v) is 6.34. The van der Waals surface area contributed by atoms with Crippen LogP contribution in [-0.4, -0.2) is 32.7 Å². The van der Waals surface area contributed by atoms with Crippen LogP contribution in [0.15, 0.2) is 79.1 Å². The van der Waals surface area contributed by atoms with Gasteiger partial charge >= 0.3 is 0 Å². The molecule has 1 fully saturated rings. The van der Waals surface area contributed by atoms with Gasteiger partial charge in [0.1, 0.15) is 5.52 Å². The Labute approximate surface area is 187 Å². The van der Waals surface area contributed by atoms with Crippen LogP contribution < -0.4 is 5.32 Å². The topological polar surface area (TPSA) is 67.2 Å². The minimum absolute atomic E-state index is 0.169. The van der Waals surface area contributed by atoms with E-state index in [9.17, 15) is 9.90 Å². The molecule has 2 aromatic carbocycles. The number of aliphatic hydroxyl groups excluding tert-OH is 1. The van der Waals surface area contributed by atoms with Crippen LogP contribution in [0.5, 0.6) is 0 Å². The number of fused-ring (bicyclic) bond motifs is 1. The first-order valence-electron chi connectivity index (χ1n) is 11.3. The van der Waals surface area contributed by atoms with Crippen LogP contribution >= 0.6 is 0 Å². The van der Waals surface area contributed by atoms with Crippen molar-refractivity contribution in [2.75, 3.05) is 0 Å². The Morgan fingerprint density at radius 2 is 1.72 bits per heavy atom. The fourth-order valence-electron chi connectivity index (χ4n) is 4.58. The first-order valence-corrected chi connectivity index (χ1v) is 11.3. The van der Waals surface area contributed by atoms with Gasteiger partial charge < -0.3 is 15.0 Å². The van der Waals surface area contributed by atoms with Gasteiger partial charge in [-0.05, 0) is 41.7 Å². The van der Waals surface area contributed by atoms with Crippen molar-refractivity contribution in [1.29, 1.82) is 0 Å². The van der Waals surface area contributed by atoms with E-state index in [1.807, 2.05) is 36.5 Å². The highest BCUT2D eigenvalue weighted by Crippen LogP contribution is 2.24. The van der Waals surface area contributed by atoms with Gasteiger partial charge in [-0.2, -0.15) is 0 Å². The second-order valence-electron chi connectivity index (χ2n) is 8.54. The van der Waals surface area contributed by atoms with E-state index < -0.39 is 6.10 Å². The molecule has 32 heavy (non-hydrogen) atoms. The zero-order valence-electron chi connectivity index (χ0n) is 17.9. The summed E-state index contributed by atoms with van der Waals surface area (Å²) in [6.45, 7) is 0.649. The first-order chi connectivity index (χ1) is 15.7. The lowest BCUT2D eigenvalue weighted by atomic mass is 9.92. The van der Waals surface area contributed by atoms with Crippen LogP contribution in [0.3, 0.4) is 0 Å². The summed E-state index contributed by atoms with van der Waals surface area (Å²) in [5, 5.41) is 13.3. The van der Waals surface area contributed by atoms with Gasteiger partial charge in [0, 0.05) is 18.9 Å². The van der Waals surface area contributed by atoms with Gasteiger partial charge in [0.05, 0.1) is 23.2 Å². The molecule has 1 aliphatic carbocycles. The van der Waals surface area contributed by atoms with Gasteiger partial charge in [0.25, 0.3) is 5.91 Å². The van der Waals surface area contributed by atoms with Crippen molar-refractivity contribution in [3.8, 4) is 11.1 Å². The van der Waals surface area contributed by atoms with Crippen LogP contribution in [0.25, 0.3) is 22.2 Å². The Hall–Kier alpha value is -3.44. The molecule has 5 heteroatoms. The molecule has 0 radical (unpaired) electrons. The van der Waals surface area contributed by atoms with Crippen molar-refractivity contribution < 1.29 is 9.90 Å². The van der Waals surface area contributed by atoms with Gasteiger partial charge in [0.15, 0.2) is 0 Å². The zero-order valence-corrected chi connectivity index (χ0v) is 17.9. The number of aromatic nitrogens is 2. The molecule has 0 spiro atoms. The maximum absolute atomic E-state index is 13.1. The van der Waals surface area contributed by atoms with Gasteiger partial charge in [-0.15, -0.1) is 0 Å². The number of benzene rings is 2. The van der Waals surface area contributed by atoms with Crippen molar-refractivity contribution in [3.05, 3.63) is 90.3 Å². The van der Waals surface area contributed by atoms with Crippen LogP contribution in [0.1, 0.15) is 41.6 Å². The molecule has 2 N–H and O–H groups in total. The number of nitrogens with one attached hydrogen (secondary N) is 1. The lowest BCUT2D eigenvalue weighted by Gasteiger charge is -2.28. The van der Waals surface area contributed by atoms with Gasteiger partial charge in [-0.1, -0.05) is 67.4 Å². The Bertz CT molecular complexity index is 1210. The highest BCUT2D eigenvalue weighted by atomic mass is 16.3. The molecule has 0 saturated heterocycles. The molecule has 2 heterocycles. The molecule has 1 aliphatic rings. The monoisotopic (exact) mass is 425 g/mol. The maximum Gasteiger partial charge on any atom is 0.255 e. The molecular formula is C27H27N3O2. The number of aliphatic hydroxyl groups is 1. The second kappa shape index (κ2) is 8.97. The summed E-state index contributed by atoms with van der Waals surface area (Å²) in [6.07, 6.45) is 6.72. The van der Waals surface area contributed by atoms with Crippen molar-refractivity contribution in [2.45, 2.75) is 44.4 Å². The number of hydrogen-bond donors (Lipinski definition) is 2. The molecule has 1 saturated carbocycles. The molecule has 0 bridgehead atoms. The van der Waals surface area contributed by atoms with Crippen molar-refractivity contribution in [1.82, 2.24) is 14.9 Å². The van der Waals surface area contributed by atoms with Gasteiger partial charge in [-0.25, -0.2) is 0 Å². The number of hydrogen-bond acceptors (Lipinski definition) is 3. The Balaban J connectivity index is 1.39. The Morgan fingerprint density at radius 3 is 2.50 bits per heavy atom. The standard InChI is InChI=1S/C27H27N3O2/c31-25-11-5-4-9-23(25)29-27(32)22-18-30(24-10-6-16-28-26(22)24)17-19-12-14-21(15-13-19)20-7-2-1-3-8-20/h1-3,6-8,10,12-16,18,23,25,31H,4-5,9,11,17H2,(H,29,32). The SMILES string of the molecule is O=C(NC1CCCCC1O)c1cn(Cc2ccc(-c3ccccc3)cc2)c2cccnc12. The predicted molar refractivity (Wildman–Crippen MR) is 126 cm³/mol. The number of nitrogens with zero attached hydrogens (tertiary/aromatic N) is 2. The van der Waals surface area contributed by atoms with Crippen molar-refractivity contribution in [2.24, 2.45) is 0 Å². The average molecular weight is 426 g/mol. The van der Waals surface area contributed by atoms with Crippen molar-refractivity contribution >= 4 is 16.9 Å². The summed E-state index contributed by atoms with van der Waals surface area (Å²) < 4.78 is 2.08. The van der Waals surface area contributed by atoms with Crippen LogP contribution in [0.2, 0.25) is 0 Å². The third kappa shape index (κ3) is 4.16. The molecule has 5 rings (SSSR count). The van der Waals surface area contributed by atoms with E-state index in [1.54, 1.807) is 6.20 Å². The molecule has 2 unspecified atom stereocenters. The van der Waals surface area contributed by atoms with E-state index in [1.165, 1.54) is 11.1 Å². The van der Waals surface area contributed by atoms with E-state index in [-0.39, 0.29) is 11.9 Å². The second-order valence-corrected chi connectivity index (χ2v) is 8.54. The highest BCUT2D eigenvalue weighted by Gasteiger charge is 2.26. The fourth-order valence-corrected chi connectivity index (χ4v) is 4.58. The highest BCUT2D eigenvalue weighted by molar-refractivity contribution is 6.05. The van der Waals surface area contributed by atoms with E-state index in [0.717, 1.165) is 36.8 Å². The van der Waals surface area contributed by atoms with E-state index in [0.29, 0.717) is 17.6 Å². The quantitative estimate of drug-likeness (QED) is 0.483.